The highest BCUT2D eigenvalue weighted by atomic mass is 127. The molecule has 186 valence electrons. The van der Waals surface area contributed by atoms with E-state index in [1.165, 1.54) is 16.4 Å². The molecule has 0 saturated heterocycles. The van der Waals surface area contributed by atoms with Crippen molar-refractivity contribution in [2.24, 2.45) is 0 Å². The molecule has 2 aromatic carbocycles. The molecule has 8 nitrogen and oxygen atoms in total. The van der Waals surface area contributed by atoms with Crippen LogP contribution in [0, 0.1) is 10.5 Å². The van der Waals surface area contributed by atoms with Crippen LogP contribution in [-0.2, 0) is 19.5 Å². The molecule has 0 radical (unpaired) electrons. The minimum Gasteiger partial charge on any atom is -0.502 e. The second-order valence-corrected chi connectivity index (χ2v) is 10.4. The van der Waals surface area contributed by atoms with Crippen molar-refractivity contribution in [3.05, 3.63) is 95.5 Å². The smallest absolute Gasteiger partial charge is 0.278 e. The van der Waals surface area contributed by atoms with E-state index in [4.69, 9.17) is 0 Å². The summed E-state index contributed by atoms with van der Waals surface area (Å²) < 4.78 is 2.59. The van der Waals surface area contributed by atoms with E-state index in [1.54, 1.807) is 4.90 Å². The van der Waals surface area contributed by atoms with Gasteiger partial charge >= 0.3 is 0 Å². The highest BCUT2D eigenvalue weighted by Gasteiger charge is 2.44. The van der Waals surface area contributed by atoms with Gasteiger partial charge in [-0.1, -0.05) is 31.2 Å². The summed E-state index contributed by atoms with van der Waals surface area (Å²) in [6, 6.07) is 12.1. The summed E-state index contributed by atoms with van der Waals surface area (Å²) in [6.07, 6.45) is 1.87. The number of halogens is 1. The highest BCUT2D eigenvalue weighted by Crippen LogP contribution is 2.40. The summed E-state index contributed by atoms with van der Waals surface area (Å²) >= 11 is 2.23. The molecule has 2 aliphatic heterocycles. The molecule has 1 atom stereocenters. The van der Waals surface area contributed by atoms with Crippen molar-refractivity contribution in [3.63, 3.8) is 0 Å². The van der Waals surface area contributed by atoms with Crippen LogP contribution in [0.2, 0.25) is 0 Å². The van der Waals surface area contributed by atoms with Crippen LogP contribution in [0.3, 0.4) is 0 Å². The summed E-state index contributed by atoms with van der Waals surface area (Å²) in [7, 11) is 0. The van der Waals surface area contributed by atoms with E-state index in [2.05, 4.69) is 53.0 Å². The molecular weight excluding hydrogens is 571 g/mol. The third kappa shape index (κ3) is 3.85. The Morgan fingerprint density at radius 2 is 1.94 bits per heavy atom. The van der Waals surface area contributed by atoms with Crippen molar-refractivity contribution in [2.75, 3.05) is 11.6 Å². The second-order valence-electron chi connectivity index (χ2n) is 9.12. The maximum absolute atomic E-state index is 13.5. The van der Waals surface area contributed by atoms with E-state index in [-0.39, 0.29) is 24.0 Å². The normalized spacial score (nSPS) is 16.0. The molecule has 2 aliphatic rings. The Kier molecular flexibility index (Phi) is 6.27. The number of fused-ring (bicyclic) bond motifs is 5. The number of carbonyl (C=O) groups excluding carboxylic acids is 2. The number of nitrogens with one attached hydrogen (secondary N) is 1. The Bertz CT molecular complexity index is 1460. The van der Waals surface area contributed by atoms with Crippen LogP contribution in [0.5, 0.6) is 5.75 Å². The topological polar surface area (TPSA) is 94.9 Å². The quantitative estimate of drug-likeness (QED) is 0.438. The number of rotatable bonds is 5. The number of hydrogen-bond donors (Lipinski definition) is 2. The Morgan fingerprint density at radius 3 is 2.64 bits per heavy atom. The van der Waals surface area contributed by atoms with Gasteiger partial charge in [0.2, 0.25) is 5.43 Å². The van der Waals surface area contributed by atoms with Gasteiger partial charge in [0, 0.05) is 28.4 Å². The molecule has 5 rings (SSSR count). The average molecular weight is 598 g/mol. The lowest BCUT2D eigenvalue weighted by Crippen LogP contribution is -2.53. The number of amides is 2. The molecule has 3 heterocycles. The molecule has 2 N–H and O–H groups in total. The number of hydrogen-bond acceptors (Lipinski definition) is 5. The summed E-state index contributed by atoms with van der Waals surface area (Å²) in [5, 5.41) is 15.6. The maximum Gasteiger partial charge on any atom is 0.278 e. The van der Waals surface area contributed by atoms with Gasteiger partial charge in [-0.15, -0.1) is 0 Å². The molecule has 3 aromatic rings. The number of nitrogens with zero attached hydrogens (tertiary/aromatic N) is 3. The van der Waals surface area contributed by atoms with Gasteiger partial charge in [0.25, 0.3) is 11.8 Å². The van der Waals surface area contributed by atoms with Gasteiger partial charge in [0.05, 0.1) is 6.54 Å². The molecular formula is C27H27IN4O4. The Labute approximate surface area is 222 Å². The summed E-state index contributed by atoms with van der Waals surface area (Å²) in [4.78, 5) is 41.2. The van der Waals surface area contributed by atoms with E-state index in [0.717, 1.165) is 32.2 Å². The molecule has 2 amide bonds. The summed E-state index contributed by atoms with van der Waals surface area (Å²) in [5.41, 5.74) is 4.03. The zero-order valence-corrected chi connectivity index (χ0v) is 22.5. The van der Waals surface area contributed by atoms with Crippen LogP contribution in [-0.4, -0.2) is 33.0 Å². The van der Waals surface area contributed by atoms with Crippen LogP contribution in [0.25, 0.3) is 0 Å². The lowest BCUT2D eigenvalue weighted by molar-refractivity contribution is 0.0590. The van der Waals surface area contributed by atoms with Gasteiger partial charge in [-0.05, 0) is 77.2 Å². The van der Waals surface area contributed by atoms with E-state index < -0.39 is 23.0 Å². The van der Waals surface area contributed by atoms with Crippen molar-refractivity contribution >= 4 is 34.4 Å². The molecule has 0 saturated carbocycles. The highest BCUT2D eigenvalue weighted by molar-refractivity contribution is 14.1. The maximum atomic E-state index is 13.5. The van der Waals surface area contributed by atoms with Crippen LogP contribution in [0.4, 0.5) is 0 Å². The first-order chi connectivity index (χ1) is 17.2. The molecule has 9 heteroatoms. The minimum atomic E-state index is -0.856. The predicted molar refractivity (Wildman–Crippen MR) is 145 cm³/mol. The van der Waals surface area contributed by atoms with Crippen molar-refractivity contribution in [3.8, 4) is 5.75 Å². The van der Waals surface area contributed by atoms with Crippen LogP contribution in [0.15, 0.2) is 47.4 Å². The largest absolute Gasteiger partial charge is 0.502 e. The van der Waals surface area contributed by atoms with Gasteiger partial charge in [-0.25, -0.2) is 0 Å². The van der Waals surface area contributed by atoms with Gasteiger partial charge in [0.15, 0.2) is 11.4 Å². The minimum absolute atomic E-state index is 0.119. The molecule has 0 aliphatic carbocycles. The van der Waals surface area contributed by atoms with Gasteiger partial charge < -0.3 is 15.3 Å². The fraction of sp³-hybridized carbons (Fsp3) is 0.296. The Balaban J connectivity index is 1.55. The number of aryl methyl sites for hydroxylation is 2. The molecule has 0 spiro atoms. The predicted octanol–water partition coefficient (Wildman–Crippen LogP) is 3.59. The van der Waals surface area contributed by atoms with Crippen molar-refractivity contribution in [1.82, 2.24) is 14.9 Å². The summed E-state index contributed by atoms with van der Waals surface area (Å²) in [6.45, 7) is 7.04. The monoisotopic (exact) mass is 598 g/mol. The molecule has 1 aromatic heterocycles. The second kappa shape index (κ2) is 9.27. The van der Waals surface area contributed by atoms with E-state index >= 15 is 0 Å². The zero-order chi connectivity index (χ0) is 25.7. The molecule has 0 bridgehead atoms. The molecule has 0 unspecified atom stereocenters. The fourth-order valence-corrected chi connectivity index (χ4v) is 5.68. The SMILES string of the molecule is CCc1ccc2c(c1)[C@H]1N(CC)C(=O)c3c(O)c(=O)c(C(=O)NCc4ccc(I)cc4C)cn3N1C2. The molecule has 36 heavy (non-hydrogen) atoms. The number of benzene rings is 2. The van der Waals surface area contributed by atoms with Crippen LogP contribution < -0.4 is 15.8 Å². The van der Waals surface area contributed by atoms with E-state index in [9.17, 15) is 19.5 Å². The van der Waals surface area contributed by atoms with Gasteiger partial charge in [-0.3, -0.25) is 24.1 Å². The van der Waals surface area contributed by atoms with Gasteiger partial charge in [-0.2, -0.15) is 0 Å². The average Bonchev–Trinajstić information content (AvgIpc) is 3.24. The molecule has 0 fully saturated rings. The zero-order valence-electron chi connectivity index (χ0n) is 20.3. The van der Waals surface area contributed by atoms with E-state index in [0.29, 0.717) is 13.1 Å². The third-order valence-electron chi connectivity index (χ3n) is 7.04. The Morgan fingerprint density at radius 1 is 1.17 bits per heavy atom. The lowest BCUT2D eigenvalue weighted by Gasteiger charge is -2.43. The van der Waals surface area contributed by atoms with Crippen molar-refractivity contribution in [2.45, 2.75) is 46.4 Å². The van der Waals surface area contributed by atoms with Crippen LogP contribution >= 0.6 is 22.6 Å². The lowest BCUT2D eigenvalue weighted by atomic mass is 10.0. The Hall–Kier alpha value is -3.34. The number of aromatic hydroxyl groups is 1. The first-order valence-electron chi connectivity index (χ1n) is 12.0. The third-order valence-corrected chi connectivity index (χ3v) is 7.71. The standard InChI is InChI=1S/C27H27IN4O4/c1-4-16-6-7-18-13-32-26(20(18)11-16)30(5-2)27(36)22-24(34)23(33)21(14-31(22)32)25(35)29-12-17-8-9-19(28)10-15(17)3/h6-11,14,26,34H,4-5,12-13H2,1-3H3,(H,29,35)/t26-/m0/s1. The first-order valence-corrected chi connectivity index (χ1v) is 13.0. The summed E-state index contributed by atoms with van der Waals surface area (Å²) in [5.74, 6) is -1.75. The van der Waals surface area contributed by atoms with Gasteiger partial charge in [0.1, 0.15) is 11.7 Å². The van der Waals surface area contributed by atoms with Crippen LogP contribution in [0.1, 0.15) is 68.7 Å². The first kappa shape index (κ1) is 24.4. The van der Waals surface area contributed by atoms with Crippen molar-refractivity contribution < 1.29 is 14.7 Å². The number of carbonyl (C=O) groups is 2. The fourth-order valence-electron chi connectivity index (χ4n) is 5.04. The van der Waals surface area contributed by atoms with Crippen molar-refractivity contribution in [1.29, 1.82) is 0 Å². The van der Waals surface area contributed by atoms with E-state index in [1.807, 2.05) is 37.1 Å². The number of aromatic nitrogens is 1. The number of pyridine rings is 1.